The van der Waals surface area contributed by atoms with E-state index in [2.05, 4.69) is 27.0 Å². The van der Waals surface area contributed by atoms with Crippen molar-refractivity contribution in [2.75, 3.05) is 24.8 Å². The Bertz CT molecular complexity index is 1040. The Morgan fingerprint density at radius 1 is 1.27 bits per heavy atom. The number of amides is 1. The predicted molar refractivity (Wildman–Crippen MR) is 127 cm³/mol. The second-order valence-electron chi connectivity index (χ2n) is 9.24. The van der Waals surface area contributed by atoms with Crippen molar-refractivity contribution in [1.82, 2.24) is 14.8 Å². The van der Waals surface area contributed by atoms with E-state index in [4.69, 9.17) is 9.47 Å². The van der Waals surface area contributed by atoms with Crippen LogP contribution in [0.15, 0.2) is 5.16 Å². The maximum Gasteiger partial charge on any atom is 0.341 e. The van der Waals surface area contributed by atoms with Crippen LogP contribution in [0.2, 0.25) is 0 Å². The number of nitrogens with one attached hydrogen (secondary N) is 1. The minimum absolute atomic E-state index is 0.156. The highest BCUT2D eigenvalue weighted by molar-refractivity contribution is 7.99. The summed E-state index contributed by atoms with van der Waals surface area (Å²) in [6.07, 6.45) is 7.44. The highest BCUT2D eigenvalue weighted by Crippen LogP contribution is 2.41. The van der Waals surface area contributed by atoms with Gasteiger partial charge in [-0.1, -0.05) is 18.7 Å². The number of carbonyl (C=O) groups excluding carboxylic acids is 2. The van der Waals surface area contributed by atoms with Crippen LogP contribution in [0.5, 0.6) is 0 Å². The number of thiophene rings is 1. The summed E-state index contributed by atoms with van der Waals surface area (Å²) in [5.74, 6) is 1.74. The van der Waals surface area contributed by atoms with Gasteiger partial charge in [-0.15, -0.1) is 21.5 Å². The number of anilines is 1. The maximum absolute atomic E-state index is 12.9. The van der Waals surface area contributed by atoms with Crippen molar-refractivity contribution in [3.8, 4) is 0 Å². The zero-order valence-corrected chi connectivity index (χ0v) is 20.7. The molecule has 1 amide bonds. The number of carbonyl (C=O) groups is 2. The molecule has 5 rings (SSSR count). The Kier molecular flexibility index (Phi) is 6.76. The van der Waals surface area contributed by atoms with Crippen molar-refractivity contribution in [3.63, 3.8) is 0 Å². The number of aromatic nitrogens is 3. The fourth-order valence-corrected chi connectivity index (χ4v) is 6.83. The van der Waals surface area contributed by atoms with Crippen LogP contribution in [0.1, 0.15) is 71.6 Å². The van der Waals surface area contributed by atoms with Crippen LogP contribution in [0.4, 0.5) is 5.00 Å². The molecule has 2 aliphatic carbocycles. The Labute approximate surface area is 201 Å². The number of hydrogen-bond acceptors (Lipinski definition) is 8. The summed E-state index contributed by atoms with van der Waals surface area (Å²) in [6.45, 7) is 3.77. The molecule has 2 fully saturated rings. The third-order valence-corrected chi connectivity index (χ3v) is 8.72. The molecule has 0 radical (unpaired) electrons. The van der Waals surface area contributed by atoms with E-state index >= 15 is 0 Å². The first-order valence-electron chi connectivity index (χ1n) is 11.7. The molecule has 8 nitrogen and oxygen atoms in total. The van der Waals surface area contributed by atoms with Crippen molar-refractivity contribution >= 4 is 40.0 Å². The van der Waals surface area contributed by atoms with Crippen LogP contribution in [-0.4, -0.2) is 52.2 Å². The zero-order valence-electron chi connectivity index (χ0n) is 19.1. The quantitative estimate of drug-likeness (QED) is 0.441. The second-order valence-corrected chi connectivity index (χ2v) is 11.3. The van der Waals surface area contributed by atoms with Crippen LogP contribution in [0.3, 0.4) is 0 Å². The highest BCUT2D eigenvalue weighted by atomic mass is 32.2. The first kappa shape index (κ1) is 22.9. The monoisotopic (exact) mass is 490 g/mol. The zero-order chi connectivity index (χ0) is 22.9. The number of hydrogen-bond donors (Lipinski definition) is 1. The Morgan fingerprint density at radius 2 is 2.12 bits per heavy atom. The normalized spacial score (nSPS) is 22.2. The Morgan fingerprint density at radius 3 is 2.85 bits per heavy atom. The van der Waals surface area contributed by atoms with E-state index in [1.165, 1.54) is 35.1 Å². The standard InChI is InChI=1S/C23H30N4O4S2/c1-13-5-8-16-17(10-13)33-21(19(16)22(29)30-2)24-18(28)12-32-23-26-25-20(14-6-7-14)27(23)11-15-4-3-9-31-15/h13-15H,3-12H2,1-2H3,(H,24,28). The minimum Gasteiger partial charge on any atom is -0.465 e. The molecule has 1 aliphatic heterocycles. The summed E-state index contributed by atoms with van der Waals surface area (Å²) in [5.41, 5.74) is 1.57. The first-order chi connectivity index (χ1) is 16.0. The summed E-state index contributed by atoms with van der Waals surface area (Å²) in [6, 6.07) is 0. The number of methoxy groups -OCH3 is 1. The number of thioether (sulfide) groups is 1. The summed E-state index contributed by atoms with van der Waals surface area (Å²) in [5, 5.41) is 13.2. The fourth-order valence-electron chi connectivity index (χ4n) is 4.66. The van der Waals surface area contributed by atoms with Crippen LogP contribution in [-0.2, 0) is 33.7 Å². The molecule has 3 heterocycles. The van der Waals surface area contributed by atoms with E-state index in [1.807, 2.05) is 0 Å². The third-order valence-electron chi connectivity index (χ3n) is 6.58. The lowest BCUT2D eigenvalue weighted by Crippen LogP contribution is -2.19. The average molecular weight is 491 g/mol. The molecular weight excluding hydrogens is 460 g/mol. The van der Waals surface area contributed by atoms with E-state index in [-0.39, 0.29) is 23.7 Å². The smallest absolute Gasteiger partial charge is 0.341 e. The van der Waals surface area contributed by atoms with Crippen molar-refractivity contribution in [1.29, 1.82) is 0 Å². The molecule has 10 heteroatoms. The van der Waals surface area contributed by atoms with E-state index < -0.39 is 0 Å². The van der Waals surface area contributed by atoms with Gasteiger partial charge in [0.05, 0.1) is 31.1 Å². The molecule has 1 N–H and O–H groups in total. The van der Waals surface area contributed by atoms with Crippen molar-refractivity contribution in [2.24, 2.45) is 5.92 Å². The average Bonchev–Trinajstić information content (AvgIpc) is 3.20. The van der Waals surface area contributed by atoms with E-state index in [9.17, 15) is 9.59 Å². The lowest BCUT2D eigenvalue weighted by atomic mass is 9.88. The molecule has 3 aliphatic rings. The van der Waals surface area contributed by atoms with E-state index in [0.717, 1.165) is 74.6 Å². The highest BCUT2D eigenvalue weighted by Gasteiger charge is 2.32. The number of ether oxygens (including phenoxy) is 2. The van der Waals surface area contributed by atoms with E-state index in [1.54, 1.807) is 0 Å². The van der Waals surface area contributed by atoms with Crippen LogP contribution < -0.4 is 5.32 Å². The van der Waals surface area contributed by atoms with Gasteiger partial charge in [-0.25, -0.2) is 4.79 Å². The first-order valence-corrected chi connectivity index (χ1v) is 13.5. The molecule has 0 spiro atoms. The molecule has 2 aromatic heterocycles. The summed E-state index contributed by atoms with van der Waals surface area (Å²) >= 11 is 2.90. The van der Waals surface area contributed by atoms with Gasteiger partial charge in [0.25, 0.3) is 0 Å². The van der Waals surface area contributed by atoms with Crippen molar-refractivity contribution in [3.05, 3.63) is 21.8 Å². The topological polar surface area (TPSA) is 95.3 Å². The number of esters is 1. The number of fused-ring (bicyclic) bond motifs is 1. The lowest BCUT2D eigenvalue weighted by molar-refractivity contribution is -0.113. The Hall–Kier alpha value is -1.91. The van der Waals surface area contributed by atoms with Gasteiger partial charge in [-0.3, -0.25) is 4.79 Å². The molecule has 1 saturated heterocycles. The van der Waals surface area contributed by atoms with Crippen LogP contribution in [0, 0.1) is 5.92 Å². The molecule has 0 bridgehead atoms. The molecule has 178 valence electrons. The fraction of sp³-hybridized carbons (Fsp3) is 0.652. The molecular formula is C23H30N4O4S2. The van der Waals surface area contributed by atoms with Gasteiger partial charge in [-0.05, 0) is 56.4 Å². The maximum atomic E-state index is 12.9. The van der Waals surface area contributed by atoms with Crippen molar-refractivity contribution in [2.45, 2.75) is 75.6 Å². The van der Waals surface area contributed by atoms with Crippen LogP contribution in [0.25, 0.3) is 0 Å². The van der Waals surface area contributed by atoms with Gasteiger partial charge in [0.2, 0.25) is 5.91 Å². The summed E-state index contributed by atoms with van der Waals surface area (Å²) < 4.78 is 13.0. The molecule has 1 saturated carbocycles. The Balaban J connectivity index is 1.28. The number of nitrogens with zero attached hydrogens (tertiary/aromatic N) is 3. The minimum atomic E-state index is -0.379. The lowest BCUT2D eigenvalue weighted by Gasteiger charge is -2.18. The number of rotatable bonds is 8. The molecule has 33 heavy (non-hydrogen) atoms. The van der Waals surface area contributed by atoms with Crippen LogP contribution >= 0.6 is 23.1 Å². The van der Waals surface area contributed by atoms with Gasteiger partial charge in [0.1, 0.15) is 10.8 Å². The molecule has 2 unspecified atom stereocenters. The van der Waals surface area contributed by atoms with Gasteiger partial charge in [0, 0.05) is 17.4 Å². The van der Waals surface area contributed by atoms with Gasteiger partial charge >= 0.3 is 5.97 Å². The summed E-state index contributed by atoms with van der Waals surface area (Å²) in [7, 11) is 1.39. The van der Waals surface area contributed by atoms with Gasteiger partial charge < -0.3 is 19.4 Å². The van der Waals surface area contributed by atoms with E-state index in [0.29, 0.717) is 22.4 Å². The molecule has 2 aromatic rings. The largest absolute Gasteiger partial charge is 0.465 e. The SMILES string of the molecule is COC(=O)c1c(NC(=O)CSc2nnc(C3CC3)n2CC2CCCO2)sc2c1CCC(C)C2. The second kappa shape index (κ2) is 9.76. The van der Waals surface area contributed by atoms with Gasteiger partial charge in [-0.2, -0.15) is 0 Å². The third kappa shape index (κ3) is 4.97. The summed E-state index contributed by atoms with van der Waals surface area (Å²) in [4.78, 5) is 26.5. The molecule has 2 atom stereocenters. The van der Waals surface area contributed by atoms with Crippen molar-refractivity contribution < 1.29 is 19.1 Å². The predicted octanol–water partition coefficient (Wildman–Crippen LogP) is 4.04. The van der Waals surface area contributed by atoms with Gasteiger partial charge in [0.15, 0.2) is 5.16 Å². The molecule has 0 aromatic carbocycles.